The molecule has 0 saturated heterocycles. The van der Waals surface area contributed by atoms with Crippen LogP contribution in [0.15, 0.2) is 37.0 Å². The van der Waals surface area contributed by atoms with Crippen molar-refractivity contribution in [3.05, 3.63) is 30.2 Å². The van der Waals surface area contributed by atoms with E-state index in [1.54, 1.807) is 30.2 Å². The summed E-state index contributed by atoms with van der Waals surface area (Å²) in [6, 6.07) is 3.54. The van der Waals surface area contributed by atoms with E-state index in [1.807, 2.05) is 6.26 Å². The van der Waals surface area contributed by atoms with E-state index in [0.717, 1.165) is 0 Å². The maximum absolute atomic E-state index is 5.44. The van der Waals surface area contributed by atoms with Crippen LogP contribution in [0.2, 0.25) is 0 Å². The highest BCUT2D eigenvalue weighted by Gasteiger charge is 2.13. The molecule has 3 rings (SSSR count). The molecule has 0 atom stereocenters. The van der Waals surface area contributed by atoms with Crippen molar-refractivity contribution in [3.8, 4) is 11.6 Å². The fraction of sp³-hybridized carbons (Fsp3) is 0.273. The Kier molecular flexibility index (Phi) is 4.07. The zero-order valence-electron chi connectivity index (χ0n) is 10.5. The smallest absolute Gasteiger partial charge is 0.277 e. The van der Waals surface area contributed by atoms with Crippen LogP contribution >= 0.6 is 23.5 Å². The second-order valence-electron chi connectivity index (χ2n) is 3.67. The normalized spacial score (nSPS) is 11.1. The molecule has 0 bridgehead atoms. The highest BCUT2D eigenvalue weighted by Crippen LogP contribution is 2.23. The molecule has 0 aliphatic heterocycles. The highest BCUT2D eigenvalue weighted by atomic mass is 32.2. The van der Waals surface area contributed by atoms with E-state index in [4.69, 9.17) is 13.4 Å². The lowest BCUT2D eigenvalue weighted by Gasteiger charge is -1.89. The number of hydrogen-bond acceptors (Lipinski definition) is 9. The molecule has 0 aliphatic carbocycles. The topological polar surface area (TPSA) is 91.0 Å². The summed E-state index contributed by atoms with van der Waals surface area (Å²) in [7, 11) is 0. The molecule has 104 valence electrons. The lowest BCUT2D eigenvalue weighted by molar-refractivity contribution is 0.388. The standard InChI is InChI=1S/C11H10N4O3S2/c1-19-5-9-13-14-11(17-9)20-6-8-12-10(15-18-8)7-3-2-4-16-7/h2-4H,5-6H2,1H3. The second-order valence-corrected chi connectivity index (χ2v) is 5.47. The maximum atomic E-state index is 5.44. The van der Waals surface area contributed by atoms with Crippen LogP contribution in [0.5, 0.6) is 0 Å². The van der Waals surface area contributed by atoms with E-state index in [9.17, 15) is 0 Å². The molecular formula is C11H10N4O3S2. The van der Waals surface area contributed by atoms with Crippen molar-refractivity contribution in [2.24, 2.45) is 0 Å². The summed E-state index contributed by atoms with van der Waals surface area (Å²) in [4.78, 5) is 4.22. The molecular weight excluding hydrogens is 300 g/mol. The first-order chi connectivity index (χ1) is 9.85. The summed E-state index contributed by atoms with van der Waals surface area (Å²) in [6.07, 6.45) is 3.54. The van der Waals surface area contributed by atoms with Crippen molar-refractivity contribution in [2.75, 3.05) is 6.26 Å². The minimum absolute atomic E-state index is 0.430. The quantitative estimate of drug-likeness (QED) is 0.637. The van der Waals surface area contributed by atoms with Gasteiger partial charge in [0.2, 0.25) is 17.6 Å². The molecule has 7 nitrogen and oxygen atoms in total. The van der Waals surface area contributed by atoms with Crippen LogP contribution in [0, 0.1) is 0 Å². The maximum Gasteiger partial charge on any atom is 0.277 e. The third-order valence-electron chi connectivity index (χ3n) is 2.24. The first-order valence-electron chi connectivity index (χ1n) is 5.65. The Morgan fingerprint density at radius 1 is 1.20 bits per heavy atom. The Morgan fingerprint density at radius 3 is 2.95 bits per heavy atom. The molecule has 0 N–H and O–H groups in total. The summed E-state index contributed by atoms with van der Waals surface area (Å²) in [5.74, 6) is 3.27. The number of hydrogen-bond donors (Lipinski definition) is 0. The molecule has 0 saturated carbocycles. The Morgan fingerprint density at radius 2 is 2.15 bits per heavy atom. The molecule has 0 aliphatic rings. The van der Waals surface area contributed by atoms with Crippen molar-refractivity contribution >= 4 is 23.5 Å². The first-order valence-corrected chi connectivity index (χ1v) is 8.03. The molecule has 0 spiro atoms. The fourth-order valence-electron chi connectivity index (χ4n) is 1.42. The van der Waals surface area contributed by atoms with Gasteiger partial charge in [-0.3, -0.25) is 0 Å². The fourth-order valence-corrected chi connectivity index (χ4v) is 2.40. The molecule has 3 aromatic heterocycles. The molecule has 3 aromatic rings. The van der Waals surface area contributed by atoms with Crippen molar-refractivity contribution in [1.29, 1.82) is 0 Å². The lowest BCUT2D eigenvalue weighted by atomic mass is 10.4. The molecule has 9 heteroatoms. The van der Waals surface area contributed by atoms with Crippen LogP contribution in [0.1, 0.15) is 11.8 Å². The zero-order valence-corrected chi connectivity index (χ0v) is 12.1. The largest absolute Gasteiger partial charge is 0.461 e. The Bertz CT molecular complexity index is 665. The summed E-state index contributed by atoms with van der Waals surface area (Å²) >= 11 is 2.98. The molecule has 0 amide bonds. The van der Waals surface area contributed by atoms with Gasteiger partial charge < -0.3 is 13.4 Å². The van der Waals surface area contributed by atoms with Crippen molar-refractivity contribution < 1.29 is 13.4 Å². The molecule has 0 unspecified atom stereocenters. The van der Waals surface area contributed by atoms with Gasteiger partial charge in [0.1, 0.15) is 0 Å². The molecule has 0 aromatic carbocycles. The number of furan rings is 1. The summed E-state index contributed by atoms with van der Waals surface area (Å²) < 4.78 is 15.8. The van der Waals surface area contributed by atoms with Crippen LogP contribution in [0.25, 0.3) is 11.6 Å². The summed E-state index contributed by atoms with van der Waals surface area (Å²) in [6.45, 7) is 0. The average Bonchev–Trinajstić information content (AvgIpc) is 3.18. The van der Waals surface area contributed by atoms with E-state index >= 15 is 0 Å². The van der Waals surface area contributed by atoms with Gasteiger partial charge in [-0.2, -0.15) is 16.7 Å². The molecule has 0 fully saturated rings. The van der Waals surface area contributed by atoms with E-state index in [2.05, 4.69) is 20.3 Å². The van der Waals surface area contributed by atoms with Crippen LogP contribution in [0.3, 0.4) is 0 Å². The Balaban J connectivity index is 1.60. The Labute approximate surface area is 122 Å². The Hall–Kier alpha value is -1.74. The van der Waals surface area contributed by atoms with Gasteiger partial charge in [-0.1, -0.05) is 16.9 Å². The molecule has 20 heavy (non-hydrogen) atoms. The van der Waals surface area contributed by atoms with Crippen molar-refractivity contribution in [2.45, 2.75) is 16.7 Å². The monoisotopic (exact) mass is 310 g/mol. The SMILES string of the molecule is CSCc1nnc(SCc2nc(-c3ccco3)no2)o1. The van der Waals surface area contributed by atoms with Crippen LogP contribution in [-0.4, -0.2) is 26.6 Å². The van der Waals surface area contributed by atoms with Crippen LogP contribution < -0.4 is 0 Å². The van der Waals surface area contributed by atoms with Gasteiger partial charge in [0.25, 0.3) is 5.22 Å². The average molecular weight is 310 g/mol. The lowest BCUT2D eigenvalue weighted by Crippen LogP contribution is -1.81. The van der Waals surface area contributed by atoms with Gasteiger partial charge in [0, 0.05) is 0 Å². The van der Waals surface area contributed by atoms with Crippen LogP contribution in [0.4, 0.5) is 0 Å². The summed E-state index contributed by atoms with van der Waals surface area (Å²) in [5, 5.41) is 12.2. The van der Waals surface area contributed by atoms with E-state index < -0.39 is 0 Å². The highest BCUT2D eigenvalue weighted by molar-refractivity contribution is 7.98. The van der Waals surface area contributed by atoms with E-state index in [0.29, 0.717) is 40.1 Å². The number of rotatable bonds is 6. The predicted octanol–water partition coefficient (Wildman–Crippen LogP) is 2.87. The molecule has 0 radical (unpaired) electrons. The third kappa shape index (κ3) is 3.05. The van der Waals surface area contributed by atoms with Crippen LogP contribution in [-0.2, 0) is 11.5 Å². The predicted molar refractivity (Wildman–Crippen MR) is 73.1 cm³/mol. The summed E-state index contributed by atoms with van der Waals surface area (Å²) in [5.41, 5.74) is 0. The van der Waals surface area contributed by atoms with Gasteiger partial charge in [-0.25, -0.2) is 0 Å². The van der Waals surface area contributed by atoms with E-state index in [1.165, 1.54) is 11.8 Å². The first kappa shape index (κ1) is 13.3. The van der Waals surface area contributed by atoms with Gasteiger partial charge in [-0.15, -0.1) is 10.2 Å². The third-order valence-corrected chi connectivity index (χ3v) is 3.58. The minimum Gasteiger partial charge on any atom is -0.461 e. The van der Waals surface area contributed by atoms with Gasteiger partial charge in [0.05, 0.1) is 17.8 Å². The van der Waals surface area contributed by atoms with Gasteiger partial charge in [0.15, 0.2) is 5.76 Å². The molecule has 3 heterocycles. The minimum atomic E-state index is 0.430. The van der Waals surface area contributed by atoms with E-state index in [-0.39, 0.29) is 0 Å². The number of nitrogens with zero attached hydrogens (tertiary/aromatic N) is 4. The van der Waals surface area contributed by atoms with Crippen molar-refractivity contribution in [3.63, 3.8) is 0 Å². The number of aromatic nitrogens is 4. The second kappa shape index (κ2) is 6.14. The zero-order chi connectivity index (χ0) is 13.8. The number of thioether (sulfide) groups is 2. The van der Waals surface area contributed by atoms with Crippen molar-refractivity contribution in [1.82, 2.24) is 20.3 Å². The van der Waals surface area contributed by atoms with Gasteiger partial charge >= 0.3 is 0 Å². The van der Waals surface area contributed by atoms with Gasteiger partial charge in [-0.05, 0) is 18.4 Å².